The van der Waals surface area contributed by atoms with Crippen LogP contribution in [0.2, 0.25) is 0 Å². The topological polar surface area (TPSA) is 17.1 Å². The summed E-state index contributed by atoms with van der Waals surface area (Å²) in [6, 6.07) is 12.0. The molecule has 0 amide bonds. The molecule has 0 radical (unpaired) electrons. The first-order valence-corrected chi connectivity index (χ1v) is 3.36. The van der Waals surface area contributed by atoms with E-state index in [9.17, 15) is 0 Å². The fourth-order valence-electron chi connectivity index (χ4n) is 0.385. The van der Waals surface area contributed by atoms with Crippen molar-refractivity contribution in [3.8, 4) is 0 Å². The van der Waals surface area contributed by atoms with E-state index in [1.54, 1.807) is 0 Å². The van der Waals surface area contributed by atoms with Gasteiger partial charge in [-0.15, -0.1) is 0 Å². The Hall–Kier alpha value is -0.292. The smallest absolute Gasteiger partial charge is 0.0623 e. The Balaban J connectivity index is 0.000000222. The number of benzene rings is 1. The molecule has 0 spiro atoms. The normalized spacial score (nSPS) is 6.50. The first kappa shape index (κ1) is 7.71. The molecule has 0 aliphatic carbocycles. The van der Waals surface area contributed by atoms with Gasteiger partial charge in [-0.2, -0.15) is 0 Å². The number of hydrogen-bond acceptors (Lipinski definition) is 1. The SMILES string of the molecule is [O]=[W].c1ccccc1. The van der Waals surface area contributed by atoms with Crippen LogP contribution in [0.4, 0.5) is 0 Å². The van der Waals surface area contributed by atoms with Gasteiger partial charge in [-0.1, -0.05) is 36.4 Å². The van der Waals surface area contributed by atoms with Crippen molar-refractivity contribution in [1.29, 1.82) is 0 Å². The monoisotopic (exact) mass is 278 g/mol. The van der Waals surface area contributed by atoms with Crippen molar-refractivity contribution in [3.05, 3.63) is 36.4 Å². The Labute approximate surface area is 59.9 Å². The van der Waals surface area contributed by atoms with Gasteiger partial charge < -0.3 is 0 Å². The van der Waals surface area contributed by atoms with Crippen LogP contribution in [0.25, 0.3) is 0 Å². The fraction of sp³-hybridized carbons (Fsp3) is 0. The molecule has 0 N–H and O–H groups in total. The van der Waals surface area contributed by atoms with Gasteiger partial charge in [0.2, 0.25) is 0 Å². The predicted octanol–water partition coefficient (Wildman–Crippen LogP) is 1.57. The van der Waals surface area contributed by atoms with E-state index in [1.807, 2.05) is 36.4 Å². The van der Waals surface area contributed by atoms with Gasteiger partial charge in [0.05, 0.1) is 0 Å². The zero-order chi connectivity index (χ0) is 6.24. The molecule has 0 saturated carbocycles. The second-order valence-corrected chi connectivity index (χ2v) is 1.15. The van der Waals surface area contributed by atoms with Crippen LogP contribution in [0.1, 0.15) is 0 Å². The van der Waals surface area contributed by atoms with Gasteiger partial charge in [-0.25, -0.2) is 0 Å². The predicted molar refractivity (Wildman–Crippen MR) is 27.1 cm³/mol. The van der Waals surface area contributed by atoms with Crippen molar-refractivity contribution in [3.63, 3.8) is 0 Å². The summed E-state index contributed by atoms with van der Waals surface area (Å²) in [7, 11) is 0. The van der Waals surface area contributed by atoms with Gasteiger partial charge in [0.15, 0.2) is 0 Å². The molecule has 1 nitrogen and oxygen atoms in total. The van der Waals surface area contributed by atoms with Crippen LogP contribution in [-0.4, -0.2) is 0 Å². The maximum Gasteiger partial charge on any atom is -0.0623 e. The van der Waals surface area contributed by atoms with E-state index in [4.69, 9.17) is 3.40 Å². The summed E-state index contributed by atoms with van der Waals surface area (Å²) in [5.74, 6) is 0. The molecule has 0 aromatic heterocycles. The van der Waals surface area contributed by atoms with Crippen molar-refractivity contribution >= 4 is 0 Å². The molecule has 0 heterocycles. The quantitative estimate of drug-likeness (QED) is 0.704. The molecule has 0 bridgehead atoms. The van der Waals surface area contributed by atoms with E-state index in [-0.39, 0.29) is 0 Å². The van der Waals surface area contributed by atoms with Crippen LogP contribution in [-0.2, 0) is 23.2 Å². The maximum absolute atomic E-state index is 8.33. The van der Waals surface area contributed by atoms with Crippen LogP contribution in [0.15, 0.2) is 36.4 Å². The molecule has 0 unspecified atom stereocenters. The van der Waals surface area contributed by atoms with Crippen LogP contribution in [0.5, 0.6) is 0 Å². The first-order valence-electron chi connectivity index (χ1n) is 2.17. The summed E-state index contributed by atoms with van der Waals surface area (Å²) < 4.78 is 8.33. The van der Waals surface area contributed by atoms with Gasteiger partial charge in [0.1, 0.15) is 0 Å². The van der Waals surface area contributed by atoms with Gasteiger partial charge in [0, 0.05) is 0 Å². The Kier molecular flexibility index (Phi) is 6.46. The van der Waals surface area contributed by atoms with Crippen molar-refractivity contribution in [2.24, 2.45) is 0 Å². The summed E-state index contributed by atoms with van der Waals surface area (Å²) >= 11 is 0.333. The molecule has 0 aliphatic heterocycles. The molecular formula is C6H6OW. The fourth-order valence-corrected chi connectivity index (χ4v) is 0.385. The van der Waals surface area contributed by atoms with E-state index < -0.39 is 0 Å². The standard InChI is InChI=1S/C6H6.O.W/c1-2-4-6-5-3-1;;/h1-6H;;. The average Bonchev–Trinajstić information content (AvgIpc) is 1.96. The van der Waals surface area contributed by atoms with Gasteiger partial charge in [0.25, 0.3) is 0 Å². The summed E-state index contributed by atoms with van der Waals surface area (Å²) in [5, 5.41) is 0. The van der Waals surface area contributed by atoms with Crippen LogP contribution >= 0.6 is 0 Å². The molecule has 0 fully saturated rings. The average molecular weight is 278 g/mol. The molecule has 42 valence electrons. The number of rotatable bonds is 0. The van der Waals surface area contributed by atoms with Crippen molar-refractivity contribution in [2.75, 3.05) is 0 Å². The van der Waals surface area contributed by atoms with Gasteiger partial charge in [-0.3, -0.25) is 0 Å². The minimum Gasteiger partial charge on any atom is -0.0623 e. The van der Waals surface area contributed by atoms with Crippen LogP contribution < -0.4 is 0 Å². The molecule has 0 saturated heterocycles. The first-order chi connectivity index (χ1) is 4.00. The molecule has 0 aliphatic rings. The molecule has 1 aromatic rings. The van der Waals surface area contributed by atoms with Crippen LogP contribution in [0.3, 0.4) is 0 Å². The second-order valence-electron chi connectivity index (χ2n) is 1.15. The summed E-state index contributed by atoms with van der Waals surface area (Å²) in [4.78, 5) is 0. The minimum atomic E-state index is 0.333. The summed E-state index contributed by atoms with van der Waals surface area (Å²) in [5.41, 5.74) is 0. The summed E-state index contributed by atoms with van der Waals surface area (Å²) in [6.45, 7) is 0. The molecule has 2 heteroatoms. The van der Waals surface area contributed by atoms with Crippen molar-refractivity contribution < 1.29 is 23.2 Å². The zero-order valence-electron chi connectivity index (χ0n) is 4.28. The maximum atomic E-state index is 8.33. The van der Waals surface area contributed by atoms with E-state index >= 15 is 0 Å². The Morgan fingerprint density at radius 3 is 0.875 bits per heavy atom. The molecule has 1 aromatic carbocycles. The second kappa shape index (κ2) is 6.71. The molecule has 0 atom stereocenters. The van der Waals surface area contributed by atoms with Gasteiger partial charge in [-0.05, 0) is 0 Å². The molecule has 1 rings (SSSR count). The number of hydrogen-bond donors (Lipinski definition) is 0. The van der Waals surface area contributed by atoms with E-state index in [0.717, 1.165) is 0 Å². The third-order valence-corrected chi connectivity index (χ3v) is 0.667. The van der Waals surface area contributed by atoms with E-state index in [1.165, 1.54) is 0 Å². The van der Waals surface area contributed by atoms with Crippen molar-refractivity contribution in [1.82, 2.24) is 0 Å². The van der Waals surface area contributed by atoms with Crippen LogP contribution in [0, 0.1) is 0 Å². The zero-order valence-corrected chi connectivity index (χ0v) is 7.21. The Morgan fingerprint density at radius 1 is 0.625 bits per heavy atom. The van der Waals surface area contributed by atoms with Gasteiger partial charge >= 0.3 is 23.2 Å². The third-order valence-electron chi connectivity index (χ3n) is 0.667. The third kappa shape index (κ3) is 3.88. The minimum absolute atomic E-state index is 0.333. The summed E-state index contributed by atoms with van der Waals surface area (Å²) in [6.07, 6.45) is 0. The Bertz CT molecular complexity index is 91.4. The van der Waals surface area contributed by atoms with E-state index in [2.05, 4.69) is 0 Å². The van der Waals surface area contributed by atoms with Crippen molar-refractivity contribution in [2.45, 2.75) is 0 Å². The molecular weight excluding hydrogens is 272 g/mol. The molecule has 8 heavy (non-hydrogen) atoms. The van der Waals surface area contributed by atoms with E-state index in [0.29, 0.717) is 19.8 Å². The Morgan fingerprint density at radius 2 is 0.750 bits per heavy atom. The largest absolute Gasteiger partial charge is 0.0623 e.